The van der Waals surface area contributed by atoms with Gasteiger partial charge in [0.15, 0.2) is 0 Å². The number of aromatic nitrogens is 3. The molecule has 0 aliphatic heterocycles. The minimum absolute atomic E-state index is 0.217. The van der Waals surface area contributed by atoms with Crippen molar-refractivity contribution in [1.82, 2.24) is 13.0 Å². The van der Waals surface area contributed by atoms with Gasteiger partial charge in [-0.25, -0.2) is 14.4 Å². The number of halogens is 1. The maximum Gasteiger partial charge on any atom is 0.361 e. The van der Waals surface area contributed by atoms with Crippen LogP contribution in [0, 0.1) is 0 Å². The molecule has 0 radical (unpaired) electrons. The summed E-state index contributed by atoms with van der Waals surface area (Å²) in [5.74, 6) is 0. The van der Waals surface area contributed by atoms with E-state index in [4.69, 9.17) is 11.8 Å². The van der Waals surface area contributed by atoms with Crippen molar-refractivity contribution >= 4 is 24.6 Å². The minimum atomic E-state index is -0.997. The average molecular weight is 196 g/mol. The molecule has 1 heterocycles. The van der Waals surface area contributed by atoms with E-state index in [1.165, 1.54) is 0 Å². The standard InChI is InChI=1S/C3H2ClN3O3S/c4-6-1(8)5-2(9)7(11)3(6)10/h11H,(H,5,8,9). The highest BCUT2D eigenvalue weighted by atomic mass is 35.5. The largest absolute Gasteiger partial charge is 0.361 e. The predicted molar refractivity (Wildman–Crippen MR) is 41.2 cm³/mol. The number of hydrogen-bond donors (Lipinski definition) is 2. The van der Waals surface area contributed by atoms with Crippen LogP contribution >= 0.6 is 24.6 Å². The normalized spacial score (nSPS) is 10.0. The van der Waals surface area contributed by atoms with E-state index in [1.807, 2.05) is 0 Å². The zero-order valence-electron chi connectivity index (χ0n) is 4.94. The Balaban J connectivity index is 3.89. The average Bonchev–Trinajstić information content (AvgIpc) is 1.97. The van der Waals surface area contributed by atoms with Gasteiger partial charge in [-0.15, -0.1) is 0 Å². The molecule has 0 bridgehead atoms. The minimum Gasteiger partial charge on any atom is -0.257 e. The maximum atomic E-state index is 10.7. The van der Waals surface area contributed by atoms with Gasteiger partial charge in [0.2, 0.25) is 0 Å². The molecule has 0 saturated carbocycles. The van der Waals surface area contributed by atoms with E-state index >= 15 is 0 Å². The lowest BCUT2D eigenvalue weighted by Crippen LogP contribution is -2.43. The number of nitrogens with zero attached hydrogens (tertiary/aromatic N) is 2. The molecule has 1 N–H and O–H groups in total. The van der Waals surface area contributed by atoms with Crippen LogP contribution in [0.5, 0.6) is 0 Å². The predicted octanol–water partition coefficient (Wildman–Crippen LogP) is -1.61. The van der Waals surface area contributed by atoms with Crippen LogP contribution in [0.1, 0.15) is 0 Å². The van der Waals surface area contributed by atoms with Gasteiger partial charge in [0.05, 0.1) is 0 Å². The maximum absolute atomic E-state index is 10.7. The van der Waals surface area contributed by atoms with Crippen molar-refractivity contribution in [2.24, 2.45) is 0 Å². The monoisotopic (exact) mass is 195 g/mol. The Morgan fingerprint density at radius 2 is 1.82 bits per heavy atom. The van der Waals surface area contributed by atoms with Crippen LogP contribution in [-0.4, -0.2) is 13.0 Å². The SMILES string of the molecule is O=c1[nH]c(=O)n(Cl)c(=O)n1S. The highest BCUT2D eigenvalue weighted by Crippen LogP contribution is 1.70. The van der Waals surface area contributed by atoms with E-state index in [-0.39, 0.29) is 4.09 Å². The quantitative estimate of drug-likeness (QED) is 0.489. The molecule has 0 fully saturated rings. The topological polar surface area (TPSA) is 76.9 Å². The summed E-state index contributed by atoms with van der Waals surface area (Å²) in [5.41, 5.74) is -2.89. The van der Waals surface area contributed by atoms with Gasteiger partial charge in [-0.05, 0) is 0 Å². The molecule has 0 unspecified atom stereocenters. The van der Waals surface area contributed by atoms with Crippen molar-refractivity contribution in [1.29, 1.82) is 0 Å². The Hall–Kier alpha value is -0.950. The van der Waals surface area contributed by atoms with E-state index in [0.717, 1.165) is 0 Å². The molecule has 0 saturated heterocycles. The molecule has 11 heavy (non-hydrogen) atoms. The highest BCUT2D eigenvalue weighted by molar-refractivity contribution is 7.78. The van der Waals surface area contributed by atoms with Crippen molar-refractivity contribution in [3.63, 3.8) is 0 Å². The van der Waals surface area contributed by atoms with Crippen LogP contribution in [0.15, 0.2) is 14.4 Å². The Morgan fingerprint density at radius 1 is 1.27 bits per heavy atom. The fraction of sp³-hybridized carbons (Fsp3) is 0. The fourth-order valence-electron chi connectivity index (χ4n) is 0.450. The second-order valence-corrected chi connectivity index (χ2v) is 2.35. The smallest absolute Gasteiger partial charge is 0.257 e. The van der Waals surface area contributed by atoms with Gasteiger partial charge in [0.25, 0.3) is 0 Å². The Bertz CT molecular complexity index is 405. The van der Waals surface area contributed by atoms with Crippen molar-refractivity contribution < 1.29 is 0 Å². The van der Waals surface area contributed by atoms with Gasteiger partial charge < -0.3 is 0 Å². The fourth-order valence-corrected chi connectivity index (χ4v) is 0.760. The zero-order chi connectivity index (χ0) is 8.59. The van der Waals surface area contributed by atoms with Crippen molar-refractivity contribution in [3.05, 3.63) is 31.5 Å². The van der Waals surface area contributed by atoms with Crippen LogP contribution in [0.2, 0.25) is 0 Å². The third kappa shape index (κ3) is 1.24. The molecule has 8 heteroatoms. The van der Waals surface area contributed by atoms with Crippen LogP contribution in [-0.2, 0) is 0 Å². The summed E-state index contributed by atoms with van der Waals surface area (Å²) in [6.45, 7) is 0. The number of nitrogens with one attached hydrogen (secondary N) is 1. The molecule has 0 aliphatic carbocycles. The highest BCUT2D eigenvalue weighted by Gasteiger charge is 2.03. The third-order valence-corrected chi connectivity index (χ3v) is 1.58. The van der Waals surface area contributed by atoms with Crippen LogP contribution in [0.25, 0.3) is 0 Å². The van der Waals surface area contributed by atoms with Crippen molar-refractivity contribution in [2.75, 3.05) is 0 Å². The summed E-state index contributed by atoms with van der Waals surface area (Å²) in [5, 5.41) is 0. The van der Waals surface area contributed by atoms with Crippen LogP contribution in [0.3, 0.4) is 0 Å². The molecular formula is C3H2ClN3O3S. The summed E-state index contributed by atoms with van der Waals surface area (Å²) < 4.78 is 0.600. The van der Waals surface area contributed by atoms with E-state index in [9.17, 15) is 14.4 Å². The molecule has 0 atom stereocenters. The van der Waals surface area contributed by atoms with Crippen LogP contribution in [0.4, 0.5) is 0 Å². The second-order valence-electron chi connectivity index (χ2n) is 1.61. The number of hydrogen-bond acceptors (Lipinski definition) is 4. The van der Waals surface area contributed by atoms with Gasteiger partial charge in [0, 0.05) is 11.8 Å². The van der Waals surface area contributed by atoms with Crippen molar-refractivity contribution in [2.45, 2.75) is 0 Å². The zero-order valence-corrected chi connectivity index (χ0v) is 6.59. The second kappa shape index (κ2) is 2.59. The number of thiol groups is 1. The first-order chi connectivity index (χ1) is 5.04. The van der Waals surface area contributed by atoms with Crippen molar-refractivity contribution in [3.8, 4) is 0 Å². The Morgan fingerprint density at radius 3 is 2.36 bits per heavy atom. The first kappa shape index (κ1) is 8.15. The first-order valence-corrected chi connectivity index (χ1v) is 3.11. The Labute approximate surface area is 69.7 Å². The van der Waals surface area contributed by atoms with E-state index < -0.39 is 17.1 Å². The molecule has 0 amide bonds. The van der Waals surface area contributed by atoms with E-state index in [1.54, 1.807) is 4.98 Å². The summed E-state index contributed by atoms with van der Waals surface area (Å²) in [7, 11) is 0. The summed E-state index contributed by atoms with van der Waals surface area (Å²) in [6.07, 6.45) is 0. The molecule has 1 aromatic rings. The molecular weight excluding hydrogens is 194 g/mol. The summed E-state index contributed by atoms with van der Waals surface area (Å²) >= 11 is 8.55. The number of rotatable bonds is 0. The third-order valence-electron chi connectivity index (χ3n) is 0.934. The molecule has 0 aromatic carbocycles. The van der Waals surface area contributed by atoms with E-state index in [0.29, 0.717) is 3.97 Å². The number of aromatic amines is 1. The molecule has 0 spiro atoms. The first-order valence-electron chi connectivity index (χ1n) is 2.38. The molecule has 60 valence electrons. The lowest BCUT2D eigenvalue weighted by atomic mass is 11.0. The molecule has 1 rings (SSSR count). The van der Waals surface area contributed by atoms with Gasteiger partial charge in [0.1, 0.15) is 0 Å². The molecule has 6 nitrogen and oxygen atoms in total. The summed E-state index contributed by atoms with van der Waals surface area (Å²) in [6, 6.07) is 0. The van der Waals surface area contributed by atoms with Crippen LogP contribution < -0.4 is 17.1 Å². The molecule has 1 aromatic heterocycles. The van der Waals surface area contributed by atoms with Gasteiger partial charge >= 0.3 is 17.1 Å². The molecule has 0 aliphatic rings. The van der Waals surface area contributed by atoms with Gasteiger partial charge in [-0.2, -0.15) is 8.06 Å². The van der Waals surface area contributed by atoms with Gasteiger partial charge in [-0.1, -0.05) is 12.8 Å². The van der Waals surface area contributed by atoms with E-state index in [2.05, 4.69) is 12.8 Å². The Kier molecular flexibility index (Phi) is 1.92. The number of H-pyrrole nitrogens is 1. The summed E-state index contributed by atoms with van der Waals surface area (Å²) in [4.78, 5) is 33.6. The lowest BCUT2D eigenvalue weighted by molar-refractivity contribution is 0.815. The lowest BCUT2D eigenvalue weighted by Gasteiger charge is -1.93. The van der Waals surface area contributed by atoms with Gasteiger partial charge in [-0.3, -0.25) is 4.98 Å².